The standard InChI is InChI=1S/C13H13N3O2/c17-12-10-7-2-1-6-9(10)11(15-16-12)13(18)14-8-4-3-5-8/h1-2,6-8H,3-5H2,(H,14,18)(H,16,17). The van der Waals surface area contributed by atoms with Crippen LogP contribution in [0, 0.1) is 0 Å². The van der Waals surface area contributed by atoms with Crippen molar-refractivity contribution >= 4 is 16.7 Å². The van der Waals surface area contributed by atoms with Gasteiger partial charge in [0.1, 0.15) is 0 Å². The highest BCUT2D eigenvalue weighted by molar-refractivity contribution is 6.04. The Hall–Kier alpha value is -2.17. The highest BCUT2D eigenvalue weighted by atomic mass is 16.2. The van der Waals surface area contributed by atoms with Gasteiger partial charge in [0, 0.05) is 11.4 Å². The molecular weight excluding hydrogens is 230 g/mol. The Morgan fingerprint density at radius 3 is 2.67 bits per heavy atom. The lowest BCUT2D eigenvalue weighted by Gasteiger charge is -2.26. The molecule has 0 radical (unpaired) electrons. The number of aromatic nitrogens is 2. The van der Waals surface area contributed by atoms with E-state index in [-0.39, 0.29) is 23.2 Å². The van der Waals surface area contributed by atoms with Crippen LogP contribution >= 0.6 is 0 Å². The molecule has 92 valence electrons. The summed E-state index contributed by atoms with van der Waals surface area (Å²) in [5, 5.41) is 10.2. The summed E-state index contributed by atoms with van der Waals surface area (Å²) in [6.07, 6.45) is 3.20. The zero-order valence-corrected chi connectivity index (χ0v) is 9.77. The van der Waals surface area contributed by atoms with Crippen molar-refractivity contribution < 1.29 is 4.79 Å². The molecule has 2 aromatic rings. The third-order valence-corrected chi connectivity index (χ3v) is 3.35. The summed E-state index contributed by atoms with van der Waals surface area (Å²) in [5.41, 5.74) is 0.0166. The van der Waals surface area contributed by atoms with Crippen molar-refractivity contribution in [2.24, 2.45) is 0 Å². The molecule has 1 aromatic heterocycles. The van der Waals surface area contributed by atoms with E-state index in [1.54, 1.807) is 24.3 Å². The number of amides is 1. The predicted octanol–water partition coefficient (Wildman–Crippen LogP) is 1.21. The number of rotatable bonds is 2. The number of H-pyrrole nitrogens is 1. The van der Waals surface area contributed by atoms with Gasteiger partial charge >= 0.3 is 0 Å². The van der Waals surface area contributed by atoms with Crippen molar-refractivity contribution in [3.05, 3.63) is 40.3 Å². The van der Waals surface area contributed by atoms with Crippen LogP contribution in [0.5, 0.6) is 0 Å². The number of aromatic amines is 1. The predicted molar refractivity (Wildman–Crippen MR) is 67.5 cm³/mol. The van der Waals surface area contributed by atoms with Crippen LogP contribution in [-0.2, 0) is 0 Å². The molecule has 5 heteroatoms. The fraction of sp³-hybridized carbons (Fsp3) is 0.308. The number of fused-ring (bicyclic) bond motifs is 1. The molecular formula is C13H13N3O2. The minimum atomic E-state index is -0.272. The molecule has 1 amide bonds. The molecule has 1 aromatic carbocycles. The summed E-state index contributed by atoms with van der Waals surface area (Å²) in [5.74, 6) is -0.216. The second-order valence-electron chi connectivity index (χ2n) is 4.55. The Kier molecular flexibility index (Phi) is 2.59. The summed E-state index contributed by atoms with van der Waals surface area (Å²) in [6.45, 7) is 0. The first-order valence-electron chi connectivity index (χ1n) is 6.04. The summed E-state index contributed by atoms with van der Waals surface area (Å²) < 4.78 is 0. The van der Waals surface area contributed by atoms with E-state index < -0.39 is 0 Å². The van der Waals surface area contributed by atoms with Crippen LogP contribution in [0.4, 0.5) is 0 Å². The van der Waals surface area contributed by atoms with Gasteiger partial charge in [-0.1, -0.05) is 18.2 Å². The SMILES string of the molecule is O=C(NC1CCC1)c1n[nH]c(=O)c2ccccc12. The Labute approximate surface area is 103 Å². The number of carbonyl (C=O) groups excluding carboxylic acids is 1. The van der Waals surface area contributed by atoms with Crippen molar-refractivity contribution in [1.29, 1.82) is 0 Å². The molecule has 1 fully saturated rings. The first kappa shape index (κ1) is 11.0. The van der Waals surface area contributed by atoms with Crippen LogP contribution in [0.1, 0.15) is 29.8 Å². The average Bonchev–Trinajstić information content (AvgIpc) is 2.34. The highest BCUT2D eigenvalue weighted by Gasteiger charge is 2.22. The minimum Gasteiger partial charge on any atom is -0.348 e. The lowest BCUT2D eigenvalue weighted by molar-refractivity contribution is 0.0912. The van der Waals surface area contributed by atoms with Crippen molar-refractivity contribution in [2.45, 2.75) is 25.3 Å². The van der Waals surface area contributed by atoms with Gasteiger partial charge in [-0.2, -0.15) is 5.10 Å². The fourth-order valence-corrected chi connectivity index (χ4v) is 2.09. The van der Waals surface area contributed by atoms with Crippen LogP contribution in [0.15, 0.2) is 29.1 Å². The molecule has 18 heavy (non-hydrogen) atoms. The molecule has 0 aliphatic heterocycles. The van der Waals surface area contributed by atoms with Crippen molar-refractivity contribution in [1.82, 2.24) is 15.5 Å². The molecule has 1 saturated carbocycles. The second kappa shape index (κ2) is 4.25. The summed E-state index contributed by atoms with van der Waals surface area (Å²) in [6, 6.07) is 7.25. The van der Waals surface area contributed by atoms with Gasteiger partial charge < -0.3 is 5.32 Å². The highest BCUT2D eigenvalue weighted by Crippen LogP contribution is 2.19. The third kappa shape index (κ3) is 1.77. The molecule has 0 unspecified atom stereocenters. The maximum Gasteiger partial charge on any atom is 0.272 e. The van der Waals surface area contributed by atoms with Gasteiger partial charge in [-0.15, -0.1) is 0 Å². The molecule has 0 bridgehead atoms. The number of nitrogens with zero attached hydrogens (tertiary/aromatic N) is 1. The number of hydrogen-bond donors (Lipinski definition) is 2. The lowest BCUT2D eigenvalue weighted by atomic mass is 9.93. The summed E-state index contributed by atoms with van der Waals surface area (Å²) in [7, 11) is 0. The maximum atomic E-state index is 12.1. The normalized spacial score (nSPS) is 15.3. The first-order valence-corrected chi connectivity index (χ1v) is 6.04. The third-order valence-electron chi connectivity index (χ3n) is 3.35. The molecule has 0 atom stereocenters. The van der Waals surface area contributed by atoms with E-state index in [2.05, 4.69) is 15.5 Å². The van der Waals surface area contributed by atoms with Crippen molar-refractivity contribution in [2.75, 3.05) is 0 Å². The van der Waals surface area contributed by atoms with E-state index in [0.29, 0.717) is 10.8 Å². The topological polar surface area (TPSA) is 74.8 Å². The lowest BCUT2D eigenvalue weighted by Crippen LogP contribution is -2.40. The molecule has 1 heterocycles. The van der Waals surface area contributed by atoms with Crippen molar-refractivity contribution in [3.63, 3.8) is 0 Å². The smallest absolute Gasteiger partial charge is 0.272 e. The monoisotopic (exact) mass is 243 g/mol. The van der Waals surface area contributed by atoms with E-state index in [1.165, 1.54) is 0 Å². The number of carbonyl (C=O) groups is 1. The van der Waals surface area contributed by atoms with Crippen LogP contribution in [0.25, 0.3) is 10.8 Å². The van der Waals surface area contributed by atoms with Crippen LogP contribution in [0.3, 0.4) is 0 Å². The molecule has 5 nitrogen and oxygen atoms in total. The summed E-state index contributed by atoms with van der Waals surface area (Å²) in [4.78, 5) is 23.7. The van der Waals surface area contributed by atoms with Gasteiger partial charge in [-0.3, -0.25) is 9.59 Å². The quantitative estimate of drug-likeness (QED) is 0.832. The van der Waals surface area contributed by atoms with Gasteiger partial charge in [0.2, 0.25) is 0 Å². The van der Waals surface area contributed by atoms with E-state index in [0.717, 1.165) is 19.3 Å². The Morgan fingerprint density at radius 1 is 1.28 bits per heavy atom. The van der Waals surface area contributed by atoms with Gasteiger partial charge in [0.15, 0.2) is 5.69 Å². The second-order valence-corrected chi connectivity index (χ2v) is 4.55. The van der Waals surface area contributed by atoms with E-state index in [9.17, 15) is 9.59 Å². The van der Waals surface area contributed by atoms with Crippen LogP contribution in [0.2, 0.25) is 0 Å². The Balaban J connectivity index is 2.03. The average molecular weight is 243 g/mol. The molecule has 3 rings (SSSR count). The van der Waals surface area contributed by atoms with Gasteiger partial charge in [0.05, 0.1) is 5.39 Å². The van der Waals surface area contributed by atoms with E-state index in [4.69, 9.17) is 0 Å². The molecule has 1 aliphatic carbocycles. The fourth-order valence-electron chi connectivity index (χ4n) is 2.09. The van der Waals surface area contributed by atoms with Crippen LogP contribution < -0.4 is 10.9 Å². The first-order chi connectivity index (χ1) is 8.75. The maximum absolute atomic E-state index is 12.1. The molecule has 0 saturated heterocycles. The Morgan fingerprint density at radius 2 is 2.00 bits per heavy atom. The van der Waals surface area contributed by atoms with Gasteiger partial charge in [-0.05, 0) is 25.3 Å². The summed E-state index contributed by atoms with van der Waals surface area (Å²) >= 11 is 0. The number of benzene rings is 1. The minimum absolute atomic E-state index is 0.216. The largest absolute Gasteiger partial charge is 0.348 e. The van der Waals surface area contributed by atoms with Crippen molar-refractivity contribution in [3.8, 4) is 0 Å². The molecule has 2 N–H and O–H groups in total. The number of nitrogens with one attached hydrogen (secondary N) is 2. The molecule has 0 spiro atoms. The number of hydrogen-bond acceptors (Lipinski definition) is 3. The Bertz CT molecular complexity index is 659. The molecule has 1 aliphatic rings. The zero-order chi connectivity index (χ0) is 12.5. The zero-order valence-electron chi connectivity index (χ0n) is 9.77. The van der Waals surface area contributed by atoms with E-state index in [1.807, 2.05) is 0 Å². The van der Waals surface area contributed by atoms with E-state index >= 15 is 0 Å². The van der Waals surface area contributed by atoms with Gasteiger partial charge in [-0.25, -0.2) is 5.10 Å². The van der Waals surface area contributed by atoms with Crippen LogP contribution in [-0.4, -0.2) is 22.1 Å². The van der Waals surface area contributed by atoms with Gasteiger partial charge in [0.25, 0.3) is 11.5 Å².